The van der Waals surface area contributed by atoms with Crippen molar-refractivity contribution in [2.45, 2.75) is 5.16 Å². The molecule has 0 saturated carbocycles. The molecule has 0 saturated heterocycles. The summed E-state index contributed by atoms with van der Waals surface area (Å²) in [6.45, 7) is 0. The fraction of sp³-hybridized carbons (Fsp3) is 0.0625. The molecule has 0 aliphatic rings. The first-order valence-corrected chi connectivity index (χ1v) is 9.21. The SMILES string of the molecule is O=C(CSc1n[nH]c(-c2ccc(Cl)cc2)n1)Nc1ccc(Cl)cc1[N+](=O)[O-]. The summed E-state index contributed by atoms with van der Waals surface area (Å²) in [5.74, 6) is 0.101. The van der Waals surface area contributed by atoms with Gasteiger partial charge in [-0.2, -0.15) is 0 Å². The minimum absolute atomic E-state index is 0.0162. The number of carbonyl (C=O) groups excluding carboxylic acids is 1. The van der Waals surface area contributed by atoms with Crippen LogP contribution in [0, 0.1) is 10.1 Å². The number of halogens is 2. The van der Waals surface area contributed by atoms with Gasteiger partial charge in [-0.25, -0.2) is 4.98 Å². The lowest BCUT2D eigenvalue weighted by atomic mass is 10.2. The van der Waals surface area contributed by atoms with Crippen LogP contribution in [-0.4, -0.2) is 31.8 Å². The van der Waals surface area contributed by atoms with E-state index in [-0.39, 0.29) is 22.2 Å². The van der Waals surface area contributed by atoms with Gasteiger partial charge in [0.1, 0.15) is 5.69 Å². The van der Waals surface area contributed by atoms with Crippen LogP contribution >= 0.6 is 35.0 Å². The number of nitrogens with one attached hydrogen (secondary N) is 2. The number of H-pyrrole nitrogens is 1. The molecule has 0 radical (unpaired) electrons. The van der Waals surface area contributed by atoms with Crippen LogP contribution in [0.2, 0.25) is 10.0 Å². The standard InChI is InChI=1S/C16H11Cl2N5O3S/c17-10-3-1-9(2-4-10)15-20-16(22-21-15)27-8-14(24)19-12-6-5-11(18)7-13(12)23(25)26/h1-7H,8H2,(H,19,24)(H,20,21,22). The van der Waals surface area contributed by atoms with E-state index in [1.165, 1.54) is 18.2 Å². The van der Waals surface area contributed by atoms with Gasteiger partial charge in [0.2, 0.25) is 11.1 Å². The van der Waals surface area contributed by atoms with Crippen LogP contribution in [-0.2, 0) is 4.79 Å². The molecule has 0 unspecified atom stereocenters. The van der Waals surface area contributed by atoms with Crippen LogP contribution in [0.15, 0.2) is 47.6 Å². The maximum Gasteiger partial charge on any atom is 0.294 e. The highest BCUT2D eigenvalue weighted by atomic mass is 35.5. The third-order valence-electron chi connectivity index (χ3n) is 3.35. The molecule has 1 amide bonds. The van der Waals surface area contributed by atoms with Crippen LogP contribution < -0.4 is 5.32 Å². The molecule has 3 rings (SSSR count). The first kappa shape index (κ1) is 19.2. The Morgan fingerprint density at radius 2 is 1.89 bits per heavy atom. The van der Waals surface area contributed by atoms with E-state index in [4.69, 9.17) is 23.2 Å². The first-order chi connectivity index (χ1) is 12.9. The number of nitrogens with zero attached hydrogens (tertiary/aromatic N) is 3. The van der Waals surface area contributed by atoms with Crippen molar-refractivity contribution >= 4 is 52.2 Å². The van der Waals surface area contributed by atoms with E-state index in [0.717, 1.165) is 17.3 Å². The van der Waals surface area contributed by atoms with E-state index in [2.05, 4.69) is 20.5 Å². The molecule has 2 aromatic carbocycles. The molecule has 3 aromatic rings. The van der Waals surface area contributed by atoms with E-state index in [1.54, 1.807) is 24.3 Å². The van der Waals surface area contributed by atoms with E-state index in [0.29, 0.717) is 16.0 Å². The van der Waals surface area contributed by atoms with Crippen molar-refractivity contribution < 1.29 is 9.72 Å². The lowest BCUT2D eigenvalue weighted by Crippen LogP contribution is -2.15. The summed E-state index contributed by atoms with van der Waals surface area (Å²) in [5, 5.41) is 21.6. The number of carbonyl (C=O) groups is 1. The summed E-state index contributed by atoms with van der Waals surface area (Å²) in [6.07, 6.45) is 0. The fourth-order valence-electron chi connectivity index (χ4n) is 2.13. The van der Waals surface area contributed by atoms with Crippen LogP contribution in [0.4, 0.5) is 11.4 Å². The third-order valence-corrected chi connectivity index (χ3v) is 4.68. The van der Waals surface area contributed by atoms with Gasteiger partial charge in [0, 0.05) is 21.7 Å². The van der Waals surface area contributed by atoms with Gasteiger partial charge in [0.25, 0.3) is 5.69 Å². The Labute approximate surface area is 167 Å². The highest BCUT2D eigenvalue weighted by Crippen LogP contribution is 2.28. The highest BCUT2D eigenvalue weighted by Gasteiger charge is 2.17. The summed E-state index contributed by atoms with van der Waals surface area (Å²) >= 11 is 12.7. The van der Waals surface area contributed by atoms with Crippen LogP contribution in [0.25, 0.3) is 11.4 Å². The van der Waals surface area contributed by atoms with Crippen molar-refractivity contribution in [3.8, 4) is 11.4 Å². The van der Waals surface area contributed by atoms with Crippen molar-refractivity contribution in [1.82, 2.24) is 15.2 Å². The van der Waals surface area contributed by atoms with Crippen molar-refractivity contribution in [3.05, 3.63) is 62.6 Å². The Kier molecular flexibility index (Phi) is 5.94. The van der Waals surface area contributed by atoms with Crippen molar-refractivity contribution in [1.29, 1.82) is 0 Å². The molecule has 1 aromatic heterocycles. The topological polar surface area (TPSA) is 114 Å². The molecule has 27 heavy (non-hydrogen) atoms. The zero-order chi connectivity index (χ0) is 19.4. The van der Waals surface area contributed by atoms with Crippen molar-refractivity contribution in [2.75, 3.05) is 11.1 Å². The van der Waals surface area contributed by atoms with Gasteiger partial charge in [-0.15, -0.1) is 5.10 Å². The number of rotatable bonds is 6. The Bertz CT molecular complexity index is 994. The number of aromatic amines is 1. The number of nitro groups is 1. The quantitative estimate of drug-likeness (QED) is 0.344. The van der Waals surface area contributed by atoms with E-state index in [9.17, 15) is 14.9 Å². The monoisotopic (exact) mass is 423 g/mol. The lowest BCUT2D eigenvalue weighted by Gasteiger charge is -2.05. The first-order valence-electron chi connectivity index (χ1n) is 7.47. The Hall–Kier alpha value is -2.62. The van der Waals surface area contributed by atoms with Crippen LogP contribution in [0.3, 0.4) is 0 Å². The molecule has 0 atom stereocenters. The molecular formula is C16H11Cl2N5O3S. The third kappa shape index (κ3) is 4.97. The zero-order valence-electron chi connectivity index (χ0n) is 13.5. The van der Waals surface area contributed by atoms with E-state index in [1.807, 2.05) is 0 Å². The second-order valence-electron chi connectivity index (χ2n) is 5.23. The molecule has 1 heterocycles. The summed E-state index contributed by atoms with van der Waals surface area (Å²) < 4.78 is 0. The number of hydrogen-bond acceptors (Lipinski definition) is 6. The molecule has 138 valence electrons. The summed E-state index contributed by atoms with van der Waals surface area (Å²) in [4.78, 5) is 26.8. The van der Waals surface area contributed by atoms with Crippen LogP contribution in [0.1, 0.15) is 0 Å². The number of amides is 1. The zero-order valence-corrected chi connectivity index (χ0v) is 15.8. The Balaban J connectivity index is 1.62. The highest BCUT2D eigenvalue weighted by molar-refractivity contribution is 7.99. The van der Waals surface area contributed by atoms with Crippen molar-refractivity contribution in [2.24, 2.45) is 0 Å². The van der Waals surface area contributed by atoms with Gasteiger partial charge < -0.3 is 5.32 Å². The maximum atomic E-state index is 12.1. The van der Waals surface area contributed by atoms with Gasteiger partial charge in [0.15, 0.2) is 5.82 Å². The number of hydrogen-bond donors (Lipinski definition) is 2. The molecular weight excluding hydrogens is 413 g/mol. The normalized spacial score (nSPS) is 10.6. The summed E-state index contributed by atoms with van der Waals surface area (Å²) in [5.41, 5.74) is 0.607. The second-order valence-corrected chi connectivity index (χ2v) is 7.04. The average Bonchev–Trinajstić information content (AvgIpc) is 3.11. The number of thioether (sulfide) groups is 1. The number of nitro benzene ring substituents is 1. The number of benzene rings is 2. The van der Waals surface area contributed by atoms with Crippen LogP contribution in [0.5, 0.6) is 0 Å². The van der Waals surface area contributed by atoms with Crippen molar-refractivity contribution in [3.63, 3.8) is 0 Å². The molecule has 0 bridgehead atoms. The minimum atomic E-state index is -0.609. The van der Waals surface area contributed by atoms with Gasteiger partial charge >= 0.3 is 0 Å². The Morgan fingerprint density at radius 1 is 1.19 bits per heavy atom. The second kappa shape index (κ2) is 8.38. The predicted molar refractivity (Wildman–Crippen MR) is 104 cm³/mol. The molecule has 0 aliphatic carbocycles. The number of aromatic nitrogens is 3. The van der Waals surface area contributed by atoms with Gasteiger partial charge in [-0.1, -0.05) is 35.0 Å². The van der Waals surface area contributed by atoms with Gasteiger partial charge in [-0.05, 0) is 36.4 Å². The average molecular weight is 424 g/mol. The van der Waals surface area contributed by atoms with E-state index < -0.39 is 10.8 Å². The molecule has 0 aliphatic heterocycles. The summed E-state index contributed by atoms with van der Waals surface area (Å²) in [6, 6.07) is 11.1. The molecule has 0 spiro atoms. The molecule has 8 nitrogen and oxygen atoms in total. The molecule has 2 N–H and O–H groups in total. The van der Waals surface area contributed by atoms with Gasteiger partial charge in [-0.3, -0.25) is 20.0 Å². The van der Waals surface area contributed by atoms with Gasteiger partial charge in [0.05, 0.1) is 10.7 Å². The largest absolute Gasteiger partial charge is 0.320 e. The predicted octanol–water partition coefficient (Wildman–Crippen LogP) is 4.42. The smallest absolute Gasteiger partial charge is 0.294 e. The number of anilines is 1. The van der Waals surface area contributed by atoms with E-state index >= 15 is 0 Å². The maximum absolute atomic E-state index is 12.1. The lowest BCUT2D eigenvalue weighted by molar-refractivity contribution is -0.383. The fourth-order valence-corrected chi connectivity index (χ4v) is 3.02. The molecule has 0 fully saturated rings. The molecule has 11 heteroatoms. The summed E-state index contributed by atoms with van der Waals surface area (Å²) in [7, 11) is 0. The minimum Gasteiger partial charge on any atom is -0.320 e. The Morgan fingerprint density at radius 3 is 2.59 bits per heavy atom.